The van der Waals surface area contributed by atoms with E-state index < -0.39 is 0 Å². The van der Waals surface area contributed by atoms with Gasteiger partial charge >= 0.3 is 0 Å². The summed E-state index contributed by atoms with van der Waals surface area (Å²) in [6, 6.07) is 7.71. The summed E-state index contributed by atoms with van der Waals surface area (Å²) in [7, 11) is 0. The van der Waals surface area contributed by atoms with E-state index in [0.29, 0.717) is 23.5 Å². The monoisotopic (exact) mass is 428 g/mol. The molecule has 1 aliphatic rings. The molecule has 0 fully saturated rings. The number of nitrogens with zero attached hydrogens (tertiary/aromatic N) is 2. The third-order valence-electron chi connectivity index (χ3n) is 4.99. The molecule has 1 aliphatic heterocycles. The summed E-state index contributed by atoms with van der Waals surface area (Å²) in [5.41, 5.74) is 9.45. The SMILES string of the molecule is Cc1ccc(NC(=O)CSc2nc(N)c3c4c(sc3n2)CO[C@@H](C(C)C)C4)cc1. The molecule has 8 heteroatoms. The minimum absolute atomic E-state index is 0.0974. The van der Waals surface area contributed by atoms with Crippen LogP contribution in [0.5, 0.6) is 0 Å². The Morgan fingerprint density at radius 1 is 1.34 bits per heavy atom. The van der Waals surface area contributed by atoms with Crippen LogP contribution in [0.2, 0.25) is 0 Å². The van der Waals surface area contributed by atoms with Gasteiger partial charge in [-0.15, -0.1) is 11.3 Å². The number of ether oxygens (including phenoxy) is 1. The largest absolute Gasteiger partial charge is 0.383 e. The van der Waals surface area contributed by atoms with Crippen molar-refractivity contribution in [1.29, 1.82) is 0 Å². The van der Waals surface area contributed by atoms with Gasteiger partial charge < -0.3 is 15.8 Å². The second-order valence-corrected chi connectivity index (χ2v) is 9.60. The standard InChI is InChI=1S/C21H24N4O2S2/c1-11(2)15-8-14-16(9-27-15)29-20-18(14)19(22)24-21(25-20)28-10-17(26)23-13-6-4-12(3)5-7-13/h4-7,11,15H,8-10H2,1-3H3,(H,23,26)(H2,22,24,25)/t15-/m1/s1. The Kier molecular flexibility index (Phi) is 5.76. The van der Waals surface area contributed by atoms with E-state index in [0.717, 1.165) is 27.9 Å². The van der Waals surface area contributed by atoms with Crippen molar-refractivity contribution in [2.45, 2.75) is 45.1 Å². The van der Waals surface area contributed by atoms with Crippen LogP contribution in [0.3, 0.4) is 0 Å². The van der Waals surface area contributed by atoms with Gasteiger partial charge in [-0.25, -0.2) is 9.97 Å². The van der Waals surface area contributed by atoms with E-state index in [-0.39, 0.29) is 17.8 Å². The molecule has 1 aromatic carbocycles. The van der Waals surface area contributed by atoms with Crippen molar-refractivity contribution in [2.75, 3.05) is 16.8 Å². The van der Waals surface area contributed by atoms with E-state index in [9.17, 15) is 4.79 Å². The highest BCUT2D eigenvalue weighted by Gasteiger charge is 2.27. The summed E-state index contributed by atoms with van der Waals surface area (Å²) in [6.07, 6.45) is 1.03. The van der Waals surface area contributed by atoms with Gasteiger partial charge in [0, 0.05) is 17.0 Å². The molecule has 3 heterocycles. The first-order valence-corrected chi connectivity index (χ1v) is 11.4. The maximum atomic E-state index is 12.2. The number of thiophene rings is 1. The van der Waals surface area contributed by atoms with Crippen LogP contribution in [0.4, 0.5) is 11.5 Å². The molecule has 0 saturated carbocycles. The zero-order chi connectivity index (χ0) is 20.5. The normalized spacial score (nSPS) is 16.2. The highest BCUT2D eigenvalue weighted by Crippen LogP contribution is 2.39. The number of aryl methyl sites for hydroxylation is 1. The number of benzene rings is 1. The van der Waals surface area contributed by atoms with Gasteiger partial charge in [0.25, 0.3) is 0 Å². The molecule has 3 N–H and O–H groups in total. The summed E-state index contributed by atoms with van der Waals surface area (Å²) in [4.78, 5) is 23.4. The molecule has 0 bridgehead atoms. The zero-order valence-electron chi connectivity index (χ0n) is 16.7. The number of carbonyl (C=O) groups is 1. The zero-order valence-corrected chi connectivity index (χ0v) is 18.3. The molecule has 0 saturated heterocycles. The molecule has 0 radical (unpaired) electrons. The molecule has 6 nitrogen and oxygen atoms in total. The van der Waals surface area contributed by atoms with E-state index in [1.54, 1.807) is 11.3 Å². The van der Waals surface area contributed by atoms with Gasteiger partial charge in [-0.3, -0.25) is 4.79 Å². The number of nitrogens with two attached hydrogens (primary N) is 1. The fourth-order valence-corrected chi connectivity index (χ4v) is 5.18. The van der Waals surface area contributed by atoms with Gasteiger partial charge in [0.05, 0.1) is 23.8 Å². The minimum Gasteiger partial charge on any atom is -0.383 e. The van der Waals surface area contributed by atoms with Crippen LogP contribution in [0.15, 0.2) is 29.4 Å². The number of hydrogen-bond acceptors (Lipinski definition) is 7. The summed E-state index contributed by atoms with van der Waals surface area (Å²) in [5.74, 6) is 1.06. The lowest BCUT2D eigenvalue weighted by Crippen LogP contribution is -2.26. The molecule has 0 aliphatic carbocycles. The number of nitrogens with one attached hydrogen (secondary N) is 1. The molecule has 29 heavy (non-hydrogen) atoms. The predicted octanol–water partition coefficient (Wildman–Crippen LogP) is 4.41. The van der Waals surface area contributed by atoms with Crippen molar-refractivity contribution in [3.8, 4) is 0 Å². The summed E-state index contributed by atoms with van der Waals surface area (Å²) < 4.78 is 5.97. The molecular formula is C21H24N4O2S2. The highest BCUT2D eigenvalue weighted by atomic mass is 32.2. The average Bonchev–Trinajstić information content (AvgIpc) is 3.06. The lowest BCUT2D eigenvalue weighted by molar-refractivity contribution is -0.113. The Balaban J connectivity index is 1.48. The molecule has 0 unspecified atom stereocenters. The molecule has 152 valence electrons. The van der Waals surface area contributed by atoms with Crippen LogP contribution in [0, 0.1) is 12.8 Å². The van der Waals surface area contributed by atoms with Gasteiger partial charge in [0.15, 0.2) is 5.16 Å². The number of carbonyl (C=O) groups excluding carboxylic acids is 1. The number of amides is 1. The van der Waals surface area contributed by atoms with Crippen molar-refractivity contribution in [3.05, 3.63) is 40.3 Å². The first kappa shape index (κ1) is 20.1. The predicted molar refractivity (Wildman–Crippen MR) is 119 cm³/mol. The minimum atomic E-state index is -0.0974. The number of aromatic nitrogens is 2. The van der Waals surface area contributed by atoms with E-state index in [2.05, 4.69) is 29.1 Å². The third-order valence-corrected chi connectivity index (χ3v) is 6.93. The van der Waals surface area contributed by atoms with Crippen LogP contribution in [-0.4, -0.2) is 27.7 Å². The maximum Gasteiger partial charge on any atom is 0.234 e. The second-order valence-electron chi connectivity index (χ2n) is 7.58. The van der Waals surface area contributed by atoms with Crippen LogP contribution in [0.1, 0.15) is 29.9 Å². The van der Waals surface area contributed by atoms with E-state index in [4.69, 9.17) is 10.5 Å². The molecule has 4 rings (SSSR count). The Bertz CT molecular complexity index is 1050. The van der Waals surface area contributed by atoms with Crippen LogP contribution >= 0.6 is 23.1 Å². The van der Waals surface area contributed by atoms with E-state index in [1.807, 2.05) is 31.2 Å². The van der Waals surface area contributed by atoms with Gasteiger partial charge in [-0.05, 0) is 30.5 Å². The number of nitrogen functional groups attached to an aromatic ring is 1. The average molecular weight is 429 g/mol. The Hall–Kier alpha value is -2.16. The van der Waals surface area contributed by atoms with Crippen LogP contribution < -0.4 is 11.1 Å². The fraction of sp³-hybridized carbons (Fsp3) is 0.381. The number of hydrogen-bond donors (Lipinski definition) is 2. The summed E-state index contributed by atoms with van der Waals surface area (Å²) in [6.45, 7) is 6.94. The summed E-state index contributed by atoms with van der Waals surface area (Å²) in [5, 5.41) is 4.36. The molecule has 1 atom stereocenters. The topological polar surface area (TPSA) is 90.1 Å². The Labute approximate surface area is 178 Å². The van der Waals surface area contributed by atoms with Gasteiger partial charge in [-0.2, -0.15) is 0 Å². The molecule has 2 aromatic heterocycles. The number of anilines is 2. The lowest BCUT2D eigenvalue weighted by atomic mass is 9.96. The first-order chi connectivity index (χ1) is 13.9. The van der Waals surface area contributed by atoms with E-state index in [1.165, 1.54) is 22.2 Å². The summed E-state index contributed by atoms with van der Waals surface area (Å²) >= 11 is 2.90. The maximum absolute atomic E-state index is 12.2. The van der Waals surface area contributed by atoms with Crippen molar-refractivity contribution < 1.29 is 9.53 Å². The second kappa shape index (κ2) is 8.30. The lowest BCUT2D eigenvalue weighted by Gasteiger charge is -2.26. The highest BCUT2D eigenvalue weighted by molar-refractivity contribution is 7.99. The van der Waals surface area contributed by atoms with Crippen molar-refractivity contribution in [3.63, 3.8) is 0 Å². The van der Waals surface area contributed by atoms with Crippen molar-refractivity contribution in [1.82, 2.24) is 9.97 Å². The van der Waals surface area contributed by atoms with Crippen LogP contribution in [-0.2, 0) is 22.6 Å². The Morgan fingerprint density at radius 3 is 2.83 bits per heavy atom. The van der Waals surface area contributed by atoms with Gasteiger partial charge in [0.1, 0.15) is 10.6 Å². The van der Waals surface area contributed by atoms with Gasteiger partial charge in [0.2, 0.25) is 5.91 Å². The molecule has 1 amide bonds. The van der Waals surface area contributed by atoms with Gasteiger partial charge in [-0.1, -0.05) is 43.3 Å². The third kappa shape index (κ3) is 4.39. The molecule has 3 aromatic rings. The smallest absolute Gasteiger partial charge is 0.234 e. The number of thioether (sulfide) groups is 1. The fourth-order valence-electron chi connectivity index (χ4n) is 3.34. The molecular weight excluding hydrogens is 404 g/mol. The number of rotatable bonds is 5. The van der Waals surface area contributed by atoms with Crippen LogP contribution in [0.25, 0.3) is 10.2 Å². The molecule has 0 spiro atoms. The van der Waals surface area contributed by atoms with E-state index >= 15 is 0 Å². The van der Waals surface area contributed by atoms with Crippen molar-refractivity contribution >= 4 is 50.7 Å². The quantitative estimate of drug-likeness (QED) is 0.462. The number of fused-ring (bicyclic) bond motifs is 3. The van der Waals surface area contributed by atoms with Crippen molar-refractivity contribution in [2.24, 2.45) is 5.92 Å². The Morgan fingerprint density at radius 2 is 2.10 bits per heavy atom. The first-order valence-electron chi connectivity index (χ1n) is 9.59.